The molecule has 2 aromatic rings. The first-order valence-corrected chi connectivity index (χ1v) is 7.50. The van der Waals surface area contributed by atoms with Crippen molar-refractivity contribution in [1.82, 2.24) is 9.78 Å². The van der Waals surface area contributed by atoms with Crippen molar-refractivity contribution in [3.05, 3.63) is 44.6 Å². The molecule has 1 heterocycles. The maximum Gasteiger partial charge on any atom is 0.137 e. The summed E-state index contributed by atoms with van der Waals surface area (Å²) in [6, 6.07) is 5.94. The summed E-state index contributed by atoms with van der Waals surface area (Å²) >= 11 is 9.74. The van der Waals surface area contributed by atoms with E-state index < -0.39 is 0 Å². The van der Waals surface area contributed by atoms with Gasteiger partial charge in [0.05, 0.1) is 20.9 Å². The van der Waals surface area contributed by atoms with Crippen LogP contribution in [0, 0.1) is 6.92 Å². The third kappa shape index (κ3) is 3.16. The Labute approximate surface area is 132 Å². The Morgan fingerprint density at radius 2 is 2.20 bits per heavy atom. The molecule has 0 radical (unpaired) electrons. The molecule has 6 heteroatoms. The van der Waals surface area contributed by atoms with Crippen LogP contribution in [-0.2, 0) is 20.1 Å². The van der Waals surface area contributed by atoms with Gasteiger partial charge in [0.25, 0.3) is 0 Å². The normalized spacial score (nSPS) is 10.8. The van der Waals surface area contributed by atoms with Crippen LogP contribution in [0.5, 0.6) is 5.75 Å². The van der Waals surface area contributed by atoms with E-state index >= 15 is 0 Å². The molecule has 0 bridgehead atoms. The van der Waals surface area contributed by atoms with E-state index in [0.29, 0.717) is 18.2 Å². The number of ether oxygens (including phenoxy) is 1. The molecule has 1 aromatic heterocycles. The Balaban J connectivity index is 2.22. The van der Waals surface area contributed by atoms with Gasteiger partial charge in [0.15, 0.2) is 0 Å². The van der Waals surface area contributed by atoms with E-state index in [2.05, 4.69) is 21.0 Å². The maximum absolute atomic E-state index is 6.23. The van der Waals surface area contributed by atoms with Crippen LogP contribution < -0.4 is 10.5 Å². The van der Waals surface area contributed by atoms with Crippen LogP contribution in [-0.4, -0.2) is 16.3 Å². The third-order valence-corrected chi connectivity index (χ3v) is 4.19. The molecule has 108 valence electrons. The average Bonchev–Trinajstić information content (AvgIpc) is 2.64. The highest BCUT2D eigenvalue weighted by atomic mass is 79.9. The Morgan fingerprint density at radius 3 is 2.80 bits per heavy atom. The largest absolute Gasteiger partial charge is 0.486 e. The van der Waals surface area contributed by atoms with E-state index in [4.69, 9.17) is 22.1 Å². The van der Waals surface area contributed by atoms with Gasteiger partial charge in [-0.15, -0.1) is 0 Å². The molecular formula is C14H17BrClN3O. The van der Waals surface area contributed by atoms with Gasteiger partial charge in [-0.3, -0.25) is 4.68 Å². The van der Waals surface area contributed by atoms with Crippen molar-refractivity contribution in [3.8, 4) is 5.75 Å². The van der Waals surface area contributed by atoms with Crippen LogP contribution in [0.1, 0.15) is 17.0 Å². The zero-order valence-electron chi connectivity index (χ0n) is 11.5. The van der Waals surface area contributed by atoms with E-state index in [-0.39, 0.29) is 0 Å². The van der Waals surface area contributed by atoms with Crippen LogP contribution in [0.2, 0.25) is 5.02 Å². The van der Waals surface area contributed by atoms with Gasteiger partial charge in [-0.25, -0.2) is 0 Å². The first-order chi connectivity index (χ1) is 9.54. The second-order valence-electron chi connectivity index (χ2n) is 4.53. The van der Waals surface area contributed by atoms with E-state index in [1.165, 1.54) is 0 Å². The first-order valence-electron chi connectivity index (χ1n) is 6.32. The topological polar surface area (TPSA) is 53.1 Å². The van der Waals surface area contributed by atoms with Gasteiger partial charge in [-0.05, 0) is 47.4 Å². The molecule has 0 aliphatic carbocycles. The fraction of sp³-hybridized carbons (Fsp3) is 0.357. The summed E-state index contributed by atoms with van der Waals surface area (Å²) in [6.07, 6.45) is 0.771. The van der Waals surface area contributed by atoms with Crippen molar-refractivity contribution in [2.75, 3.05) is 6.54 Å². The van der Waals surface area contributed by atoms with Crippen LogP contribution in [0.25, 0.3) is 0 Å². The van der Waals surface area contributed by atoms with E-state index in [1.807, 2.05) is 32.2 Å². The molecule has 4 nitrogen and oxygen atoms in total. The Morgan fingerprint density at radius 1 is 1.45 bits per heavy atom. The second kappa shape index (κ2) is 6.61. The van der Waals surface area contributed by atoms with Gasteiger partial charge in [0, 0.05) is 7.05 Å². The highest BCUT2D eigenvalue weighted by Gasteiger charge is 2.14. The Kier molecular flexibility index (Phi) is 5.07. The Bertz CT molecular complexity index is 613. The van der Waals surface area contributed by atoms with Crippen molar-refractivity contribution in [2.24, 2.45) is 12.8 Å². The van der Waals surface area contributed by atoms with Crippen LogP contribution in [0.3, 0.4) is 0 Å². The lowest BCUT2D eigenvalue weighted by Gasteiger charge is -2.13. The van der Waals surface area contributed by atoms with Gasteiger partial charge < -0.3 is 10.5 Å². The molecule has 0 aliphatic rings. The van der Waals surface area contributed by atoms with Crippen molar-refractivity contribution >= 4 is 27.5 Å². The summed E-state index contributed by atoms with van der Waals surface area (Å²) in [5, 5.41) is 4.93. The Hall–Kier alpha value is -1.04. The average molecular weight is 359 g/mol. The van der Waals surface area contributed by atoms with Gasteiger partial charge in [-0.1, -0.05) is 23.7 Å². The molecule has 0 unspecified atom stereocenters. The summed E-state index contributed by atoms with van der Waals surface area (Å²) in [7, 11) is 1.86. The highest BCUT2D eigenvalue weighted by molar-refractivity contribution is 9.10. The van der Waals surface area contributed by atoms with Crippen molar-refractivity contribution in [1.29, 1.82) is 0 Å². The van der Waals surface area contributed by atoms with Crippen LogP contribution >= 0.6 is 27.5 Å². The maximum atomic E-state index is 6.23. The van der Waals surface area contributed by atoms with Gasteiger partial charge in [-0.2, -0.15) is 5.10 Å². The molecule has 0 amide bonds. The number of rotatable bonds is 5. The minimum Gasteiger partial charge on any atom is -0.486 e. The molecule has 0 aliphatic heterocycles. The third-order valence-electron chi connectivity index (χ3n) is 3.08. The molecule has 1 aromatic carbocycles. The predicted octanol–water partition coefficient (Wildman–Crippen LogP) is 3.22. The summed E-state index contributed by atoms with van der Waals surface area (Å²) in [6.45, 7) is 2.83. The summed E-state index contributed by atoms with van der Waals surface area (Å²) < 4.78 is 8.60. The molecule has 20 heavy (non-hydrogen) atoms. The molecule has 0 saturated carbocycles. The van der Waals surface area contributed by atoms with Gasteiger partial charge in [0.1, 0.15) is 12.4 Å². The number of nitrogens with two attached hydrogens (primary N) is 1. The van der Waals surface area contributed by atoms with E-state index in [9.17, 15) is 0 Å². The van der Waals surface area contributed by atoms with Crippen LogP contribution in [0.15, 0.2) is 22.7 Å². The number of aromatic nitrogens is 2. The number of para-hydroxylation sites is 1. The summed E-state index contributed by atoms with van der Waals surface area (Å²) in [4.78, 5) is 0. The number of benzene rings is 1. The molecular weight excluding hydrogens is 342 g/mol. The number of hydrogen-bond acceptors (Lipinski definition) is 3. The molecule has 0 atom stereocenters. The lowest BCUT2D eigenvalue weighted by molar-refractivity contribution is 0.290. The monoisotopic (exact) mass is 357 g/mol. The van der Waals surface area contributed by atoms with Crippen molar-refractivity contribution < 1.29 is 4.74 Å². The standard InChI is InChI=1S/C14H17BrClN3O/c1-9-13(16)12(19(2)18-9)8-20-14-10(6-7-17)4-3-5-11(14)15/h3-5H,6-8,17H2,1-2H3. The number of aryl methyl sites for hydroxylation is 2. The summed E-state index contributed by atoms with van der Waals surface area (Å²) in [5.41, 5.74) is 8.38. The fourth-order valence-electron chi connectivity index (χ4n) is 2.04. The van der Waals surface area contributed by atoms with Gasteiger partial charge in [0.2, 0.25) is 0 Å². The fourth-order valence-corrected chi connectivity index (χ4v) is 2.78. The lowest BCUT2D eigenvalue weighted by atomic mass is 10.1. The van der Waals surface area contributed by atoms with Crippen molar-refractivity contribution in [2.45, 2.75) is 20.0 Å². The number of nitrogens with zero attached hydrogens (tertiary/aromatic N) is 2. The van der Waals surface area contributed by atoms with Gasteiger partial charge >= 0.3 is 0 Å². The molecule has 0 saturated heterocycles. The SMILES string of the molecule is Cc1nn(C)c(COc2c(Br)cccc2CCN)c1Cl. The van der Waals surface area contributed by atoms with E-state index in [0.717, 1.165) is 33.6 Å². The van der Waals surface area contributed by atoms with E-state index in [1.54, 1.807) is 4.68 Å². The highest BCUT2D eigenvalue weighted by Crippen LogP contribution is 2.31. The lowest BCUT2D eigenvalue weighted by Crippen LogP contribution is -2.08. The summed E-state index contributed by atoms with van der Waals surface area (Å²) in [5.74, 6) is 0.813. The zero-order valence-corrected chi connectivity index (χ0v) is 13.8. The zero-order chi connectivity index (χ0) is 14.7. The number of hydrogen-bond donors (Lipinski definition) is 1. The second-order valence-corrected chi connectivity index (χ2v) is 5.76. The minimum atomic E-state index is 0.371. The van der Waals surface area contributed by atoms with Crippen LogP contribution in [0.4, 0.5) is 0 Å². The van der Waals surface area contributed by atoms with Crippen molar-refractivity contribution in [3.63, 3.8) is 0 Å². The smallest absolute Gasteiger partial charge is 0.137 e. The first kappa shape index (κ1) is 15.4. The molecule has 2 rings (SSSR count). The molecule has 0 spiro atoms. The minimum absolute atomic E-state index is 0.371. The quantitative estimate of drug-likeness (QED) is 0.893. The molecule has 2 N–H and O–H groups in total. The molecule has 0 fully saturated rings. The predicted molar refractivity (Wildman–Crippen MR) is 84.2 cm³/mol. The number of halogens is 2.